The highest BCUT2D eigenvalue weighted by Gasteiger charge is 2.31. The molecule has 0 saturated heterocycles. The molecule has 0 aliphatic rings. The summed E-state index contributed by atoms with van der Waals surface area (Å²) in [6, 6.07) is -4.51. The molecule has 1 heterocycles. The van der Waals surface area contributed by atoms with Gasteiger partial charge >= 0.3 is 11.9 Å². The fourth-order valence-electron chi connectivity index (χ4n) is 3.28. The largest absolute Gasteiger partial charge is 0.481 e. The summed E-state index contributed by atoms with van der Waals surface area (Å²) in [6.45, 7) is 3.68. The van der Waals surface area contributed by atoms with Gasteiger partial charge in [0.1, 0.15) is 18.1 Å². The zero-order chi connectivity index (χ0) is 27.3. The van der Waals surface area contributed by atoms with E-state index in [1.807, 2.05) is 13.8 Å². The smallest absolute Gasteiger partial charge is 0.326 e. The quantitative estimate of drug-likeness (QED) is 0.137. The van der Waals surface area contributed by atoms with Crippen molar-refractivity contribution < 1.29 is 34.2 Å². The van der Waals surface area contributed by atoms with Crippen molar-refractivity contribution in [3.8, 4) is 0 Å². The number of nitrogens with one attached hydrogen (secondary N) is 4. The number of carbonyl (C=O) groups excluding carboxylic acids is 3. The molecule has 0 bridgehead atoms. The molecule has 3 amide bonds. The fourth-order valence-corrected chi connectivity index (χ4v) is 3.75. The molecule has 1 rings (SSSR count). The van der Waals surface area contributed by atoms with Gasteiger partial charge in [0.25, 0.3) is 0 Å². The van der Waals surface area contributed by atoms with Crippen molar-refractivity contribution in [2.24, 2.45) is 11.7 Å². The third-order valence-corrected chi connectivity index (χ3v) is 5.82. The summed E-state index contributed by atoms with van der Waals surface area (Å²) in [4.78, 5) is 67.9. The van der Waals surface area contributed by atoms with E-state index in [1.165, 1.54) is 24.3 Å². The fraction of sp³-hybridized carbons (Fsp3) is 0.636. The van der Waals surface area contributed by atoms with Crippen LogP contribution in [0.3, 0.4) is 0 Å². The van der Waals surface area contributed by atoms with Gasteiger partial charge in [-0.05, 0) is 37.2 Å². The lowest BCUT2D eigenvalue weighted by Gasteiger charge is -2.26. The molecule has 0 aliphatic carbocycles. The highest BCUT2D eigenvalue weighted by Crippen LogP contribution is 2.09. The van der Waals surface area contributed by atoms with E-state index in [9.17, 15) is 29.1 Å². The van der Waals surface area contributed by atoms with E-state index >= 15 is 0 Å². The van der Waals surface area contributed by atoms with Crippen LogP contribution in [0, 0.1) is 5.92 Å². The summed E-state index contributed by atoms with van der Waals surface area (Å²) >= 11 is 1.41. The molecule has 0 aromatic carbocycles. The zero-order valence-electron chi connectivity index (χ0n) is 20.7. The van der Waals surface area contributed by atoms with Crippen LogP contribution in [0.2, 0.25) is 0 Å². The number of aromatic nitrogens is 2. The average Bonchev–Trinajstić information content (AvgIpc) is 3.30. The molecule has 14 heteroatoms. The van der Waals surface area contributed by atoms with Crippen molar-refractivity contribution in [2.75, 3.05) is 12.0 Å². The first-order chi connectivity index (χ1) is 16.9. The van der Waals surface area contributed by atoms with E-state index in [0.717, 1.165) is 0 Å². The van der Waals surface area contributed by atoms with Crippen molar-refractivity contribution in [2.45, 2.75) is 70.1 Å². The van der Waals surface area contributed by atoms with E-state index in [0.29, 0.717) is 11.4 Å². The predicted molar refractivity (Wildman–Crippen MR) is 133 cm³/mol. The molecule has 0 aliphatic heterocycles. The van der Waals surface area contributed by atoms with Crippen LogP contribution < -0.4 is 21.7 Å². The minimum absolute atomic E-state index is 0.0147. The van der Waals surface area contributed by atoms with Crippen molar-refractivity contribution in [3.05, 3.63) is 18.2 Å². The molecule has 4 unspecified atom stereocenters. The molecule has 1 aromatic rings. The lowest BCUT2D eigenvalue weighted by Crippen LogP contribution is -2.57. The molecule has 1 aromatic heterocycles. The molecule has 0 fully saturated rings. The number of hydrogen-bond donors (Lipinski definition) is 7. The second kappa shape index (κ2) is 15.8. The number of thioether (sulfide) groups is 1. The van der Waals surface area contributed by atoms with Crippen LogP contribution in [0.5, 0.6) is 0 Å². The Bertz CT molecular complexity index is 880. The topological polar surface area (TPSA) is 217 Å². The number of carboxylic acid groups (broad SMARTS) is 2. The Hall–Kier alpha value is -3.13. The van der Waals surface area contributed by atoms with Gasteiger partial charge in [-0.1, -0.05) is 13.8 Å². The second-order valence-corrected chi connectivity index (χ2v) is 9.74. The Morgan fingerprint density at radius 2 is 1.61 bits per heavy atom. The van der Waals surface area contributed by atoms with Crippen LogP contribution in [0.15, 0.2) is 12.5 Å². The highest BCUT2D eigenvalue weighted by atomic mass is 32.2. The van der Waals surface area contributed by atoms with Gasteiger partial charge in [0, 0.05) is 24.7 Å². The zero-order valence-corrected chi connectivity index (χ0v) is 21.5. The third kappa shape index (κ3) is 11.5. The van der Waals surface area contributed by atoms with Crippen molar-refractivity contribution >= 4 is 41.4 Å². The van der Waals surface area contributed by atoms with Gasteiger partial charge in [0.15, 0.2) is 0 Å². The highest BCUT2D eigenvalue weighted by molar-refractivity contribution is 7.98. The molecule has 0 radical (unpaired) electrons. The lowest BCUT2D eigenvalue weighted by molar-refractivity contribution is -0.143. The van der Waals surface area contributed by atoms with Crippen LogP contribution in [-0.2, 0) is 30.4 Å². The average molecular weight is 529 g/mol. The van der Waals surface area contributed by atoms with E-state index in [4.69, 9.17) is 10.8 Å². The van der Waals surface area contributed by atoms with E-state index in [2.05, 4.69) is 25.9 Å². The van der Waals surface area contributed by atoms with Gasteiger partial charge in [0.2, 0.25) is 17.7 Å². The van der Waals surface area contributed by atoms with Crippen molar-refractivity contribution in [1.29, 1.82) is 0 Å². The first-order valence-corrected chi connectivity index (χ1v) is 12.9. The number of nitrogens with zero attached hydrogens (tertiary/aromatic N) is 1. The molecule has 36 heavy (non-hydrogen) atoms. The Balaban J connectivity index is 2.96. The molecule has 202 valence electrons. The van der Waals surface area contributed by atoms with Gasteiger partial charge in [-0.15, -0.1) is 0 Å². The number of aromatic amines is 1. The van der Waals surface area contributed by atoms with Gasteiger partial charge in [0.05, 0.1) is 12.4 Å². The Labute approximate surface area is 213 Å². The summed E-state index contributed by atoms with van der Waals surface area (Å²) in [6.07, 6.45) is 4.63. The number of imidazole rings is 1. The lowest BCUT2D eigenvalue weighted by atomic mass is 10.0. The number of rotatable bonds is 17. The van der Waals surface area contributed by atoms with Crippen LogP contribution in [0.25, 0.3) is 0 Å². The van der Waals surface area contributed by atoms with Crippen LogP contribution in [0.1, 0.15) is 45.2 Å². The maximum atomic E-state index is 13.1. The maximum Gasteiger partial charge on any atom is 0.326 e. The maximum absolute atomic E-state index is 13.1. The number of carbonyl (C=O) groups is 5. The van der Waals surface area contributed by atoms with E-state index in [1.54, 1.807) is 6.26 Å². The first kappa shape index (κ1) is 30.9. The Morgan fingerprint density at radius 3 is 2.14 bits per heavy atom. The van der Waals surface area contributed by atoms with Crippen LogP contribution >= 0.6 is 11.8 Å². The molecular weight excluding hydrogens is 492 g/mol. The second-order valence-electron chi connectivity index (χ2n) is 8.75. The first-order valence-electron chi connectivity index (χ1n) is 11.5. The molecule has 0 spiro atoms. The SMILES string of the molecule is CSCCC(NC(=O)C(CCC(=O)O)NC(=O)C(CC(C)C)NC(=O)C(N)Cc1cnc[nH]1)C(=O)O. The molecule has 13 nitrogen and oxygen atoms in total. The molecule has 8 N–H and O–H groups in total. The van der Waals surface area contributed by atoms with Gasteiger partial charge in [-0.25, -0.2) is 9.78 Å². The number of aliphatic carboxylic acids is 2. The van der Waals surface area contributed by atoms with Crippen molar-refractivity contribution in [1.82, 2.24) is 25.9 Å². The minimum Gasteiger partial charge on any atom is -0.481 e. The minimum atomic E-state index is -1.31. The number of H-pyrrole nitrogens is 1. The number of carboxylic acids is 2. The van der Waals surface area contributed by atoms with Gasteiger partial charge in [-0.2, -0.15) is 11.8 Å². The van der Waals surface area contributed by atoms with Crippen LogP contribution in [-0.4, -0.2) is 86.0 Å². The van der Waals surface area contributed by atoms with Crippen LogP contribution in [0.4, 0.5) is 0 Å². The van der Waals surface area contributed by atoms with Gasteiger partial charge < -0.3 is 36.9 Å². The van der Waals surface area contributed by atoms with E-state index < -0.39 is 60.2 Å². The summed E-state index contributed by atoms with van der Waals surface area (Å²) in [5.41, 5.74) is 6.60. The standard InChI is InChI=1S/C22H36N6O7S/c1-12(2)8-17(28-19(31)14(23)9-13-10-24-11-25-13)21(33)26-15(4-5-18(29)30)20(32)27-16(22(34)35)6-7-36-3/h10-12,14-17H,4-9,23H2,1-3H3,(H,24,25)(H,26,33)(H,27,32)(H,28,31)(H,29,30)(H,34,35). The summed E-state index contributed by atoms with van der Waals surface area (Å²) in [7, 11) is 0. The normalized spacial score (nSPS) is 14.4. The summed E-state index contributed by atoms with van der Waals surface area (Å²) in [5, 5.41) is 25.9. The predicted octanol–water partition coefficient (Wildman–Crippen LogP) is -0.517. The summed E-state index contributed by atoms with van der Waals surface area (Å²) in [5.74, 6) is -4.06. The molecular formula is C22H36N6O7S. The number of hydrogen-bond acceptors (Lipinski definition) is 8. The Kier molecular flexibility index (Phi) is 13.5. The molecule has 4 atom stereocenters. The monoisotopic (exact) mass is 528 g/mol. The van der Waals surface area contributed by atoms with Gasteiger partial charge in [-0.3, -0.25) is 19.2 Å². The summed E-state index contributed by atoms with van der Waals surface area (Å²) < 4.78 is 0. The molecule has 0 saturated carbocycles. The number of nitrogens with two attached hydrogens (primary N) is 1. The van der Waals surface area contributed by atoms with E-state index in [-0.39, 0.29) is 31.6 Å². The number of amides is 3. The third-order valence-electron chi connectivity index (χ3n) is 5.18. The Morgan fingerprint density at radius 1 is 1.00 bits per heavy atom. The van der Waals surface area contributed by atoms with Crippen molar-refractivity contribution in [3.63, 3.8) is 0 Å².